The van der Waals surface area contributed by atoms with Crippen molar-refractivity contribution in [3.8, 4) is 0 Å². The summed E-state index contributed by atoms with van der Waals surface area (Å²) in [6, 6.07) is 5.33. The van der Waals surface area contributed by atoms with Crippen LogP contribution in [-0.2, 0) is 4.79 Å². The van der Waals surface area contributed by atoms with Crippen molar-refractivity contribution < 1.29 is 4.79 Å². The zero-order valence-corrected chi connectivity index (χ0v) is 12.8. The second-order valence-electron chi connectivity index (χ2n) is 3.54. The van der Waals surface area contributed by atoms with Crippen molar-refractivity contribution in [3.63, 3.8) is 0 Å². The van der Waals surface area contributed by atoms with E-state index >= 15 is 0 Å². The molecule has 0 fully saturated rings. The Hall–Kier alpha value is -0.250. The highest BCUT2D eigenvalue weighted by Gasteiger charge is 2.23. The number of benzene rings is 1. The third-order valence-electron chi connectivity index (χ3n) is 2.53. The molecule has 0 spiro atoms. The number of alkyl halides is 1. The van der Waals surface area contributed by atoms with Gasteiger partial charge in [0.15, 0.2) is 0 Å². The molecule has 0 saturated carbocycles. The summed E-state index contributed by atoms with van der Waals surface area (Å²) in [6.45, 7) is 5.14. The van der Waals surface area contributed by atoms with Crippen molar-refractivity contribution in [2.45, 2.75) is 19.2 Å². The fourth-order valence-corrected chi connectivity index (χ4v) is 2.70. The number of amides is 1. The quantitative estimate of drug-likeness (QED) is 0.751. The number of carbonyl (C=O) groups is 1. The summed E-state index contributed by atoms with van der Waals surface area (Å²) in [5.41, 5.74) is 0.647. The van der Waals surface area contributed by atoms with Gasteiger partial charge >= 0.3 is 0 Å². The number of halogens is 3. The van der Waals surface area contributed by atoms with Crippen molar-refractivity contribution in [2.75, 3.05) is 13.1 Å². The van der Waals surface area contributed by atoms with Crippen molar-refractivity contribution >= 4 is 45.0 Å². The summed E-state index contributed by atoms with van der Waals surface area (Å²) < 4.78 is 0.866. The van der Waals surface area contributed by atoms with Crippen LogP contribution in [0.3, 0.4) is 0 Å². The van der Waals surface area contributed by atoms with Crippen LogP contribution >= 0.6 is 39.1 Å². The first-order valence-corrected chi connectivity index (χ1v) is 6.99. The summed E-state index contributed by atoms with van der Waals surface area (Å²) in [7, 11) is 0. The van der Waals surface area contributed by atoms with E-state index in [1.165, 1.54) is 0 Å². The Morgan fingerprint density at radius 3 is 2.47 bits per heavy atom. The fraction of sp³-hybridized carbons (Fsp3) is 0.417. The van der Waals surface area contributed by atoms with Gasteiger partial charge in [0.05, 0.1) is 0 Å². The van der Waals surface area contributed by atoms with Crippen molar-refractivity contribution in [1.82, 2.24) is 4.90 Å². The smallest absolute Gasteiger partial charge is 0.245 e. The zero-order chi connectivity index (χ0) is 13.0. The molecule has 0 radical (unpaired) electrons. The SMILES string of the molecule is CCN(CC)C(=O)C(Cl)c1ccc(Br)cc1Cl. The number of hydrogen-bond donors (Lipinski definition) is 0. The minimum atomic E-state index is -0.726. The number of hydrogen-bond acceptors (Lipinski definition) is 1. The molecule has 5 heteroatoms. The van der Waals surface area contributed by atoms with Gasteiger partial charge < -0.3 is 4.90 Å². The molecular formula is C12H14BrCl2NO. The van der Waals surface area contributed by atoms with Gasteiger partial charge in [-0.25, -0.2) is 0 Å². The van der Waals surface area contributed by atoms with E-state index in [4.69, 9.17) is 23.2 Å². The molecule has 0 N–H and O–H groups in total. The molecule has 0 aliphatic carbocycles. The highest BCUT2D eigenvalue weighted by atomic mass is 79.9. The summed E-state index contributed by atoms with van der Waals surface area (Å²) >= 11 is 15.6. The summed E-state index contributed by atoms with van der Waals surface area (Å²) in [5, 5.41) is -0.226. The van der Waals surface area contributed by atoms with Gasteiger partial charge in [-0.3, -0.25) is 4.79 Å². The molecule has 0 aliphatic rings. The molecule has 0 heterocycles. The third kappa shape index (κ3) is 3.60. The Kier molecular flexibility index (Phi) is 5.77. The normalized spacial score (nSPS) is 12.3. The van der Waals surface area contributed by atoms with Gasteiger partial charge in [0.1, 0.15) is 5.38 Å². The first kappa shape index (κ1) is 14.8. The maximum absolute atomic E-state index is 12.1. The van der Waals surface area contributed by atoms with Crippen LogP contribution in [0.15, 0.2) is 22.7 Å². The van der Waals surface area contributed by atoms with Gasteiger partial charge in [-0.15, -0.1) is 11.6 Å². The molecule has 17 heavy (non-hydrogen) atoms. The summed E-state index contributed by atoms with van der Waals surface area (Å²) in [5.74, 6) is -0.110. The van der Waals surface area contributed by atoms with Gasteiger partial charge in [0.2, 0.25) is 5.91 Å². The minimum Gasteiger partial charge on any atom is -0.342 e. The van der Waals surface area contributed by atoms with Gasteiger partial charge in [-0.1, -0.05) is 33.6 Å². The van der Waals surface area contributed by atoms with Crippen LogP contribution in [-0.4, -0.2) is 23.9 Å². The zero-order valence-electron chi connectivity index (χ0n) is 9.71. The fourth-order valence-electron chi connectivity index (χ4n) is 1.54. The monoisotopic (exact) mass is 337 g/mol. The molecule has 1 amide bonds. The average molecular weight is 339 g/mol. The molecule has 0 aromatic heterocycles. The number of rotatable bonds is 4. The van der Waals surface area contributed by atoms with Crippen LogP contribution < -0.4 is 0 Å². The third-order valence-corrected chi connectivity index (χ3v) is 3.77. The number of nitrogens with zero attached hydrogens (tertiary/aromatic N) is 1. The largest absolute Gasteiger partial charge is 0.342 e. The van der Waals surface area contributed by atoms with E-state index < -0.39 is 5.38 Å². The lowest BCUT2D eigenvalue weighted by atomic mass is 10.1. The Labute approximate surface area is 120 Å². The van der Waals surface area contributed by atoms with Crippen molar-refractivity contribution in [2.24, 2.45) is 0 Å². The lowest BCUT2D eigenvalue weighted by Gasteiger charge is -2.22. The molecule has 1 unspecified atom stereocenters. The van der Waals surface area contributed by atoms with Crippen LogP contribution in [0.2, 0.25) is 5.02 Å². The molecule has 0 bridgehead atoms. The predicted molar refractivity (Wildman–Crippen MR) is 75.7 cm³/mol. The Bertz CT molecular complexity index is 407. The first-order valence-electron chi connectivity index (χ1n) is 5.39. The average Bonchev–Trinajstić information content (AvgIpc) is 2.29. The second-order valence-corrected chi connectivity index (χ2v) is 5.30. The molecule has 94 valence electrons. The molecule has 2 nitrogen and oxygen atoms in total. The van der Waals surface area contributed by atoms with Crippen LogP contribution in [0.1, 0.15) is 24.8 Å². The molecule has 1 aromatic carbocycles. The van der Waals surface area contributed by atoms with Gasteiger partial charge in [0, 0.05) is 22.6 Å². The standard InChI is InChI=1S/C12H14BrCl2NO/c1-3-16(4-2)12(17)11(15)9-6-5-8(13)7-10(9)14/h5-7,11H,3-4H2,1-2H3. The van der Waals surface area contributed by atoms with E-state index in [1.54, 1.807) is 17.0 Å². The topological polar surface area (TPSA) is 20.3 Å². The van der Waals surface area contributed by atoms with E-state index in [-0.39, 0.29) is 5.91 Å². The van der Waals surface area contributed by atoms with Crippen LogP contribution in [0.4, 0.5) is 0 Å². The number of likely N-dealkylation sites (N-methyl/N-ethyl adjacent to an activating group) is 1. The maximum Gasteiger partial charge on any atom is 0.245 e. The predicted octanol–water partition coefficient (Wildman–Crippen LogP) is 4.25. The number of carbonyl (C=O) groups excluding carboxylic acids is 1. The Morgan fingerprint density at radius 2 is 2.00 bits per heavy atom. The highest BCUT2D eigenvalue weighted by molar-refractivity contribution is 9.10. The lowest BCUT2D eigenvalue weighted by molar-refractivity contribution is -0.130. The maximum atomic E-state index is 12.1. The van der Waals surface area contributed by atoms with Gasteiger partial charge in [0.25, 0.3) is 0 Å². The summed E-state index contributed by atoms with van der Waals surface area (Å²) in [6.07, 6.45) is 0. The van der Waals surface area contributed by atoms with Crippen molar-refractivity contribution in [1.29, 1.82) is 0 Å². The molecule has 1 aromatic rings. The van der Waals surface area contributed by atoms with Gasteiger partial charge in [-0.2, -0.15) is 0 Å². The molecule has 1 atom stereocenters. The summed E-state index contributed by atoms with van der Waals surface area (Å²) in [4.78, 5) is 13.8. The van der Waals surface area contributed by atoms with Gasteiger partial charge in [-0.05, 0) is 31.5 Å². The van der Waals surface area contributed by atoms with Crippen molar-refractivity contribution in [3.05, 3.63) is 33.3 Å². The van der Waals surface area contributed by atoms with E-state index in [0.29, 0.717) is 23.7 Å². The highest BCUT2D eigenvalue weighted by Crippen LogP contribution is 2.31. The Balaban J connectivity index is 2.95. The van der Waals surface area contributed by atoms with E-state index in [2.05, 4.69) is 15.9 Å². The molecule has 0 aliphatic heterocycles. The minimum absolute atomic E-state index is 0.110. The van der Waals surface area contributed by atoms with Crippen LogP contribution in [0, 0.1) is 0 Å². The second kappa shape index (κ2) is 6.62. The van der Waals surface area contributed by atoms with E-state index in [0.717, 1.165) is 4.47 Å². The molecule has 1 rings (SSSR count). The van der Waals surface area contributed by atoms with Crippen LogP contribution in [0.5, 0.6) is 0 Å². The van der Waals surface area contributed by atoms with Crippen LogP contribution in [0.25, 0.3) is 0 Å². The lowest BCUT2D eigenvalue weighted by Crippen LogP contribution is -2.33. The molecular weight excluding hydrogens is 325 g/mol. The first-order chi connectivity index (χ1) is 8.01. The van der Waals surface area contributed by atoms with E-state index in [1.807, 2.05) is 19.9 Å². The van der Waals surface area contributed by atoms with E-state index in [9.17, 15) is 4.79 Å². The Morgan fingerprint density at radius 1 is 1.41 bits per heavy atom. The molecule has 0 saturated heterocycles.